The second-order valence-electron chi connectivity index (χ2n) is 7.78. The van der Waals surface area contributed by atoms with Crippen LogP contribution >= 0.6 is 0 Å². The van der Waals surface area contributed by atoms with Crippen molar-refractivity contribution in [1.82, 2.24) is 9.21 Å². The second kappa shape index (κ2) is 9.65. The third-order valence-corrected chi connectivity index (χ3v) is 7.38. The van der Waals surface area contributed by atoms with Crippen molar-refractivity contribution < 1.29 is 27.2 Å². The summed E-state index contributed by atoms with van der Waals surface area (Å²) in [6, 6.07) is 10.7. The van der Waals surface area contributed by atoms with Crippen LogP contribution in [-0.2, 0) is 31.9 Å². The normalized spacial score (nSPS) is 15.6. The van der Waals surface area contributed by atoms with Gasteiger partial charge in [-0.1, -0.05) is 30.3 Å². The van der Waals surface area contributed by atoms with E-state index in [0.717, 1.165) is 5.56 Å². The fourth-order valence-corrected chi connectivity index (χ4v) is 5.38. The van der Waals surface area contributed by atoms with Crippen LogP contribution in [0.4, 0.5) is 0 Å². The van der Waals surface area contributed by atoms with Crippen LogP contribution in [0.1, 0.15) is 40.3 Å². The summed E-state index contributed by atoms with van der Waals surface area (Å²) in [5.41, 5.74) is 1.09. The highest BCUT2D eigenvalue weighted by atomic mass is 32.2. The van der Waals surface area contributed by atoms with E-state index in [1.54, 1.807) is 37.1 Å². The second-order valence-corrected chi connectivity index (χ2v) is 9.75. The summed E-state index contributed by atoms with van der Waals surface area (Å²) in [5, 5.41) is 0. The third-order valence-electron chi connectivity index (χ3n) is 5.53. The molecule has 0 saturated carbocycles. The quantitative estimate of drug-likeness (QED) is 0.604. The van der Waals surface area contributed by atoms with Gasteiger partial charge in [0.2, 0.25) is 15.9 Å². The van der Waals surface area contributed by atoms with Crippen molar-refractivity contribution in [2.45, 2.75) is 32.1 Å². The fourth-order valence-electron chi connectivity index (χ4n) is 3.81. The van der Waals surface area contributed by atoms with Crippen LogP contribution in [0, 0.1) is 12.8 Å². The van der Waals surface area contributed by atoms with Gasteiger partial charge in [0.1, 0.15) is 17.1 Å². The Balaban J connectivity index is 1.55. The molecule has 0 unspecified atom stereocenters. The molecule has 168 valence electrons. The maximum absolute atomic E-state index is 12.9. The fraction of sp³-hybridized carbons (Fsp3) is 0.455. The van der Waals surface area contributed by atoms with Gasteiger partial charge in [-0.3, -0.25) is 4.79 Å². The van der Waals surface area contributed by atoms with Crippen LogP contribution < -0.4 is 0 Å². The van der Waals surface area contributed by atoms with Gasteiger partial charge in [0.15, 0.2) is 0 Å². The lowest BCUT2D eigenvalue weighted by atomic mass is 9.96. The summed E-state index contributed by atoms with van der Waals surface area (Å²) < 4.78 is 37.2. The zero-order valence-electron chi connectivity index (χ0n) is 18.0. The Kier molecular flexibility index (Phi) is 7.17. The SMILES string of the molecule is COC(=O)c1cc(CN(C)C(=O)C2CCN(S(=O)(=O)Cc3ccccc3)CC2)oc1C. The minimum absolute atomic E-state index is 0.0350. The molecule has 2 heterocycles. The van der Waals surface area contributed by atoms with Crippen molar-refractivity contribution >= 4 is 21.9 Å². The van der Waals surface area contributed by atoms with Gasteiger partial charge in [-0.05, 0) is 31.4 Å². The number of esters is 1. The highest BCUT2D eigenvalue weighted by Crippen LogP contribution is 2.24. The first-order valence-electron chi connectivity index (χ1n) is 10.2. The van der Waals surface area contributed by atoms with Gasteiger partial charge >= 0.3 is 5.97 Å². The number of methoxy groups -OCH3 is 1. The first-order chi connectivity index (χ1) is 14.7. The molecule has 0 N–H and O–H groups in total. The monoisotopic (exact) mass is 448 g/mol. The molecule has 0 spiro atoms. The van der Waals surface area contributed by atoms with E-state index in [1.807, 2.05) is 18.2 Å². The minimum Gasteiger partial charge on any atom is -0.465 e. The molecule has 1 aromatic heterocycles. The van der Waals surface area contributed by atoms with E-state index >= 15 is 0 Å². The Hall–Kier alpha value is -2.65. The molecule has 1 aliphatic heterocycles. The number of nitrogens with zero attached hydrogens (tertiary/aromatic N) is 2. The number of rotatable bonds is 7. The number of benzene rings is 1. The molecule has 1 fully saturated rings. The summed E-state index contributed by atoms with van der Waals surface area (Å²) in [7, 11) is -0.438. The average molecular weight is 449 g/mol. The van der Waals surface area contributed by atoms with Gasteiger partial charge in [-0.15, -0.1) is 0 Å². The third kappa shape index (κ3) is 5.54. The minimum atomic E-state index is -3.42. The lowest BCUT2D eigenvalue weighted by Crippen LogP contribution is -2.43. The average Bonchev–Trinajstić information content (AvgIpc) is 3.13. The standard InChI is InChI=1S/C22H28N2O6S/c1-16-20(22(26)29-3)13-19(30-16)14-23(2)21(25)18-9-11-24(12-10-18)31(27,28)15-17-7-5-4-6-8-17/h4-8,13,18H,9-12,14-15H2,1-3H3. The smallest absolute Gasteiger partial charge is 0.341 e. The molecular weight excluding hydrogens is 420 g/mol. The van der Waals surface area contributed by atoms with E-state index in [2.05, 4.69) is 0 Å². The summed E-state index contributed by atoms with van der Waals surface area (Å²) >= 11 is 0. The number of aryl methyl sites for hydroxylation is 1. The maximum atomic E-state index is 12.9. The molecule has 1 amide bonds. The number of sulfonamides is 1. The first kappa shape index (κ1) is 23.0. The van der Waals surface area contributed by atoms with Crippen LogP contribution in [0.25, 0.3) is 0 Å². The number of carbonyl (C=O) groups excluding carboxylic acids is 2. The molecule has 3 rings (SSSR count). The molecular formula is C22H28N2O6S. The molecule has 0 bridgehead atoms. The molecule has 0 radical (unpaired) electrons. The number of ether oxygens (including phenoxy) is 1. The zero-order valence-corrected chi connectivity index (χ0v) is 18.9. The molecule has 9 heteroatoms. The predicted octanol–water partition coefficient (Wildman–Crippen LogP) is 2.58. The van der Waals surface area contributed by atoms with Crippen molar-refractivity contribution in [3.63, 3.8) is 0 Å². The van der Waals surface area contributed by atoms with Crippen LogP contribution in [-0.4, -0.2) is 56.7 Å². The Morgan fingerprint density at radius 3 is 2.45 bits per heavy atom. The number of furan rings is 1. The van der Waals surface area contributed by atoms with Gasteiger partial charge < -0.3 is 14.1 Å². The van der Waals surface area contributed by atoms with Gasteiger partial charge in [0.05, 0.1) is 19.4 Å². The lowest BCUT2D eigenvalue weighted by molar-refractivity contribution is -0.136. The van der Waals surface area contributed by atoms with Crippen molar-refractivity contribution in [3.05, 3.63) is 59.0 Å². The highest BCUT2D eigenvalue weighted by Gasteiger charge is 2.32. The Morgan fingerprint density at radius 2 is 1.84 bits per heavy atom. The lowest BCUT2D eigenvalue weighted by Gasteiger charge is -2.32. The molecule has 2 aromatic rings. The summed E-state index contributed by atoms with van der Waals surface area (Å²) in [4.78, 5) is 26.1. The summed E-state index contributed by atoms with van der Waals surface area (Å²) in [6.45, 7) is 2.55. The molecule has 1 aromatic carbocycles. The molecule has 31 heavy (non-hydrogen) atoms. The molecule has 1 saturated heterocycles. The van der Waals surface area contributed by atoms with Gasteiger partial charge in [0, 0.05) is 26.1 Å². The first-order valence-corrected chi connectivity index (χ1v) is 11.8. The van der Waals surface area contributed by atoms with Gasteiger partial charge in [-0.2, -0.15) is 0 Å². The largest absolute Gasteiger partial charge is 0.465 e. The number of hydrogen-bond acceptors (Lipinski definition) is 6. The van der Waals surface area contributed by atoms with E-state index in [1.165, 1.54) is 11.4 Å². The maximum Gasteiger partial charge on any atom is 0.341 e. The topological polar surface area (TPSA) is 97.1 Å². The van der Waals surface area contributed by atoms with Gasteiger partial charge in [-0.25, -0.2) is 17.5 Å². The van der Waals surface area contributed by atoms with Crippen LogP contribution in [0.15, 0.2) is 40.8 Å². The highest BCUT2D eigenvalue weighted by molar-refractivity contribution is 7.88. The molecule has 0 aliphatic carbocycles. The number of piperidine rings is 1. The summed E-state index contributed by atoms with van der Waals surface area (Å²) in [6.07, 6.45) is 0.948. The molecule has 8 nitrogen and oxygen atoms in total. The number of carbonyl (C=O) groups is 2. The van der Waals surface area contributed by atoms with E-state index in [4.69, 9.17) is 9.15 Å². The van der Waals surface area contributed by atoms with Crippen LogP contribution in [0.5, 0.6) is 0 Å². The predicted molar refractivity (Wildman–Crippen MR) is 115 cm³/mol. The van der Waals surface area contributed by atoms with E-state index < -0.39 is 16.0 Å². The van der Waals surface area contributed by atoms with E-state index in [-0.39, 0.29) is 24.1 Å². The van der Waals surface area contributed by atoms with E-state index in [9.17, 15) is 18.0 Å². The van der Waals surface area contributed by atoms with Crippen molar-refractivity contribution in [2.24, 2.45) is 5.92 Å². The Bertz CT molecular complexity index is 1020. The van der Waals surface area contributed by atoms with Crippen LogP contribution in [0.3, 0.4) is 0 Å². The zero-order chi connectivity index (χ0) is 22.6. The Morgan fingerprint density at radius 1 is 1.19 bits per heavy atom. The summed E-state index contributed by atoms with van der Waals surface area (Å²) in [5.74, 6) is 0.118. The van der Waals surface area contributed by atoms with E-state index in [0.29, 0.717) is 43.0 Å². The number of hydrogen-bond donors (Lipinski definition) is 0. The number of amides is 1. The van der Waals surface area contributed by atoms with Gasteiger partial charge in [0.25, 0.3) is 0 Å². The Labute approximate surface area is 182 Å². The van der Waals surface area contributed by atoms with Crippen LogP contribution in [0.2, 0.25) is 0 Å². The van der Waals surface area contributed by atoms with Crippen molar-refractivity contribution in [1.29, 1.82) is 0 Å². The molecule has 0 atom stereocenters. The van der Waals surface area contributed by atoms with Crippen molar-refractivity contribution in [2.75, 3.05) is 27.2 Å². The molecule has 1 aliphatic rings. The van der Waals surface area contributed by atoms with Crippen molar-refractivity contribution in [3.8, 4) is 0 Å².